The second kappa shape index (κ2) is 8.29. The van der Waals surface area contributed by atoms with Crippen molar-refractivity contribution in [3.63, 3.8) is 0 Å². The Morgan fingerprint density at radius 3 is 2.83 bits per heavy atom. The van der Waals surface area contributed by atoms with E-state index in [1.807, 2.05) is 42.1 Å². The van der Waals surface area contributed by atoms with Crippen LogP contribution in [0.2, 0.25) is 0 Å². The first-order chi connectivity index (χ1) is 14.0. The number of hydrogen-bond donors (Lipinski definition) is 0. The van der Waals surface area contributed by atoms with E-state index in [-0.39, 0.29) is 11.9 Å². The van der Waals surface area contributed by atoms with Gasteiger partial charge in [0.2, 0.25) is 5.95 Å². The fraction of sp³-hybridized carbons (Fsp3) is 0.409. The van der Waals surface area contributed by atoms with Gasteiger partial charge in [0.15, 0.2) is 0 Å². The molecule has 1 aliphatic heterocycles. The van der Waals surface area contributed by atoms with E-state index in [9.17, 15) is 4.39 Å². The highest BCUT2D eigenvalue weighted by Gasteiger charge is 2.30. The number of anilines is 1. The average molecular weight is 394 g/mol. The molecule has 1 fully saturated rings. The summed E-state index contributed by atoms with van der Waals surface area (Å²) >= 11 is 0. The highest BCUT2D eigenvalue weighted by atomic mass is 19.1. The fourth-order valence-electron chi connectivity index (χ4n) is 3.95. The largest absolute Gasteiger partial charge is 0.347 e. The summed E-state index contributed by atoms with van der Waals surface area (Å²) in [5.74, 6) is 0.422. The van der Waals surface area contributed by atoms with Crippen LogP contribution in [0.5, 0.6) is 0 Å². The van der Waals surface area contributed by atoms with Crippen LogP contribution >= 0.6 is 0 Å². The zero-order valence-corrected chi connectivity index (χ0v) is 17.2. The van der Waals surface area contributed by atoms with Crippen LogP contribution in [0.4, 0.5) is 10.3 Å². The molecule has 152 valence electrons. The van der Waals surface area contributed by atoms with Crippen molar-refractivity contribution in [2.24, 2.45) is 0 Å². The molecule has 0 spiro atoms. The van der Waals surface area contributed by atoms with Gasteiger partial charge in [0.05, 0.1) is 17.9 Å². The van der Waals surface area contributed by atoms with Crippen LogP contribution in [0.3, 0.4) is 0 Å². The summed E-state index contributed by atoms with van der Waals surface area (Å²) in [5, 5.41) is 4.40. The minimum atomic E-state index is -0.250. The van der Waals surface area contributed by atoms with Crippen molar-refractivity contribution in [2.45, 2.75) is 38.9 Å². The van der Waals surface area contributed by atoms with E-state index in [2.05, 4.69) is 28.1 Å². The van der Waals surface area contributed by atoms with Crippen molar-refractivity contribution >= 4 is 5.95 Å². The zero-order valence-electron chi connectivity index (χ0n) is 17.2. The van der Waals surface area contributed by atoms with Crippen LogP contribution in [0.15, 0.2) is 42.9 Å². The summed E-state index contributed by atoms with van der Waals surface area (Å²) in [6, 6.07) is 6.85. The first kappa shape index (κ1) is 19.5. The van der Waals surface area contributed by atoms with Gasteiger partial charge in [-0.05, 0) is 44.0 Å². The lowest BCUT2D eigenvalue weighted by atomic mass is 9.99. The summed E-state index contributed by atoms with van der Waals surface area (Å²) in [7, 11) is 3.87. The summed E-state index contributed by atoms with van der Waals surface area (Å²) in [4.78, 5) is 13.8. The third-order valence-corrected chi connectivity index (χ3v) is 5.42. The van der Waals surface area contributed by atoms with E-state index < -0.39 is 0 Å². The smallest absolute Gasteiger partial charge is 0.225 e. The maximum atomic E-state index is 13.9. The van der Waals surface area contributed by atoms with Gasteiger partial charge >= 0.3 is 0 Å². The van der Waals surface area contributed by atoms with Gasteiger partial charge in [-0.3, -0.25) is 9.58 Å². The van der Waals surface area contributed by atoms with Crippen molar-refractivity contribution < 1.29 is 4.39 Å². The van der Waals surface area contributed by atoms with Crippen molar-refractivity contribution in [1.29, 1.82) is 0 Å². The average Bonchev–Trinajstić information content (AvgIpc) is 3.37. The molecule has 0 amide bonds. The van der Waals surface area contributed by atoms with E-state index in [1.165, 1.54) is 11.6 Å². The molecule has 7 heteroatoms. The van der Waals surface area contributed by atoms with Gasteiger partial charge in [0.1, 0.15) is 5.82 Å². The molecule has 1 atom stereocenters. The van der Waals surface area contributed by atoms with E-state index >= 15 is 0 Å². The number of benzene rings is 1. The van der Waals surface area contributed by atoms with Gasteiger partial charge in [0, 0.05) is 50.7 Å². The summed E-state index contributed by atoms with van der Waals surface area (Å²) in [6.07, 6.45) is 8.01. The summed E-state index contributed by atoms with van der Waals surface area (Å²) in [6.45, 7) is 4.79. The topological polar surface area (TPSA) is 50.1 Å². The number of likely N-dealkylation sites (tertiary alicyclic amines) is 1. The number of halogens is 1. The van der Waals surface area contributed by atoms with Gasteiger partial charge in [-0.2, -0.15) is 5.10 Å². The van der Waals surface area contributed by atoms with E-state index in [0.29, 0.717) is 5.95 Å². The van der Waals surface area contributed by atoms with Gasteiger partial charge in [-0.25, -0.2) is 14.4 Å². The molecule has 0 N–H and O–H groups in total. The molecule has 1 saturated heterocycles. The second-order valence-corrected chi connectivity index (χ2v) is 7.71. The first-order valence-electron chi connectivity index (χ1n) is 10.1. The SMILES string of the molecule is CCn1cc(CN2CCC[C@@H]2c2nc(N(C)C)ncc2-c2cccc(F)c2)cn1. The molecule has 4 rings (SSSR count). The molecule has 3 aromatic rings. The van der Waals surface area contributed by atoms with E-state index in [1.54, 1.807) is 12.1 Å². The molecular weight excluding hydrogens is 367 g/mol. The molecule has 0 bridgehead atoms. The molecule has 0 aliphatic carbocycles. The molecular formula is C22H27FN6. The molecule has 0 radical (unpaired) electrons. The Kier molecular flexibility index (Phi) is 5.58. The van der Waals surface area contributed by atoms with Crippen LogP contribution in [0, 0.1) is 5.82 Å². The number of aryl methyl sites for hydroxylation is 1. The summed E-state index contributed by atoms with van der Waals surface area (Å²) in [5.41, 5.74) is 3.88. The Morgan fingerprint density at radius 1 is 1.24 bits per heavy atom. The van der Waals surface area contributed by atoms with Gasteiger partial charge in [-0.15, -0.1) is 0 Å². The second-order valence-electron chi connectivity index (χ2n) is 7.71. The van der Waals surface area contributed by atoms with Gasteiger partial charge in [0.25, 0.3) is 0 Å². The Bertz CT molecular complexity index is 983. The molecule has 0 saturated carbocycles. The van der Waals surface area contributed by atoms with Crippen LogP contribution in [-0.4, -0.2) is 45.3 Å². The van der Waals surface area contributed by atoms with E-state index in [0.717, 1.165) is 49.3 Å². The molecule has 6 nitrogen and oxygen atoms in total. The Morgan fingerprint density at radius 2 is 2.10 bits per heavy atom. The fourth-order valence-corrected chi connectivity index (χ4v) is 3.95. The van der Waals surface area contributed by atoms with Crippen molar-refractivity contribution in [2.75, 3.05) is 25.5 Å². The van der Waals surface area contributed by atoms with Crippen molar-refractivity contribution in [3.8, 4) is 11.1 Å². The van der Waals surface area contributed by atoms with Crippen LogP contribution in [-0.2, 0) is 13.1 Å². The molecule has 3 heterocycles. The minimum Gasteiger partial charge on any atom is -0.347 e. The molecule has 0 unspecified atom stereocenters. The van der Waals surface area contributed by atoms with Crippen LogP contribution in [0.25, 0.3) is 11.1 Å². The molecule has 29 heavy (non-hydrogen) atoms. The zero-order chi connectivity index (χ0) is 20.4. The monoisotopic (exact) mass is 394 g/mol. The first-order valence-corrected chi connectivity index (χ1v) is 10.1. The maximum Gasteiger partial charge on any atom is 0.225 e. The lowest BCUT2D eigenvalue weighted by Crippen LogP contribution is -2.25. The standard InChI is InChI=1S/C22H27FN6/c1-4-29-15-16(12-25-29)14-28-10-6-9-20(28)21-19(13-24-22(26-21)27(2)3)17-7-5-8-18(23)11-17/h5,7-8,11-13,15,20H,4,6,9-10,14H2,1-3H3/t20-/m1/s1. The van der Waals surface area contributed by atoms with Gasteiger partial charge < -0.3 is 4.90 Å². The number of hydrogen-bond acceptors (Lipinski definition) is 5. The van der Waals surface area contributed by atoms with Crippen LogP contribution < -0.4 is 4.90 Å². The summed E-state index contributed by atoms with van der Waals surface area (Å²) < 4.78 is 15.9. The highest BCUT2D eigenvalue weighted by molar-refractivity contribution is 5.66. The normalized spacial score (nSPS) is 17.0. The lowest BCUT2D eigenvalue weighted by molar-refractivity contribution is 0.245. The van der Waals surface area contributed by atoms with Gasteiger partial charge in [-0.1, -0.05) is 12.1 Å². The van der Waals surface area contributed by atoms with Crippen LogP contribution in [0.1, 0.15) is 37.1 Å². The Balaban J connectivity index is 1.71. The maximum absolute atomic E-state index is 13.9. The third-order valence-electron chi connectivity index (χ3n) is 5.42. The molecule has 2 aromatic heterocycles. The number of aromatic nitrogens is 4. The van der Waals surface area contributed by atoms with E-state index in [4.69, 9.17) is 4.98 Å². The molecule has 1 aliphatic rings. The lowest BCUT2D eigenvalue weighted by Gasteiger charge is -2.26. The van der Waals surface area contributed by atoms with Crippen molar-refractivity contribution in [3.05, 3.63) is 59.9 Å². The predicted molar refractivity (Wildman–Crippen MR) is 112 cm³/mol. The predicted octanol–water partition coefficient (Wildman–Crippen LogP) is 3.90. The Hall–Kier alpha value is -2.80. The number of nitrogens with zero attached hydrogens (tertiary/aromatic N) is 6. The number of rotatable bonds is 6. The molecule has 1 aromatic carbocycles. The van der Waals surface area contributed by atoms with Crippen molar-refractivity contribution in [1.82, 2.24) is 24.6 Å². The minimum absolute atomic E-state index is 0.167. The quantitative estimate of drug-likeness (QED) is 0.635. The third kappa shape index (κ3) is 4.15. The Labute approximate surface area is 171 Å². The highest BCUT2D eigenvalue weighted by Crippen LogP contribution is 2.38.